The number of amides is 2. The first kappa shape index (κ1) is 19.2. The summed E-state index contributed by atoms with van der Waals surface area (Å²) in [5.74, 6) is -0.177. The first-order valence-corrected chi connectivity index (χ1v) is 8.91. The highest BCUT2D eigenvalue weighted by molar-refractivity contribution is 5.93. The first-order valence-electron chi connectivity index (χ1n) is 8.91. The minimum absolute atomic E-state index is 0.177. The molecule has 1 aliphatic rings. The Bertz CT molecular complexity index is 599. The van der Waals surface area contributed by atoms with Crippen molar-refractivity contribution in [2.45, 2.75) is 70.9 Å². The second-order valence-electron chi connectivity index (χ2n) is 7.84. The van der Waals surface area contributed by atoms with Gasteiger partial charge >= 0.3 is 6.09 Å². The standard InChI is InChI=1S/C19H29N3O3/c1-14-8-9-15(12-20-14)16(23)21-13-19(10-6-5-7-11-19)22-17(24)25-18(2,3)4/h8-9,12H,5-7,10-11,13H2,1-4H3,(H,21,23)(H,22,24). The lowest BCUT2D eigenvalue weighted by molar-refractivity contribution is 0.0419. The zero-order chi connectivity index (χ0) is 18.5. The highest BCUT2D eigenvalue weighted by Crippen LogP contribution is 2.28. The number of hydrogen-bond acceptors (Lipinski definition) is 4. The molecule has 0 aliphatic heterocycles. The smallest absolute Gasteiger partial charge is 0.408 e. The third-order valence-electron chi connectivity index (χ3n) is 4.34. The van der Waals surface area contributed by atoms with Gasteiger partial charge in [-0.1, -0.05) is 19.3 Å². The zero-order valence-corrected chi connectivity index (χ0v) is 15.6. The fourth-order valence-corrected chi connectivity index (χ4v) is 3.05. The molecule has 0 radical (unpaired) electrons. The summed E-state index contributed by atoms with van der Waals surface area (Å²) in [5, 5.41) is 5.96. The topological polar surface area (TPSA) is 80.3 Å². The molecule has 0 bridgehead atoms. The summed E-state index contributed by atoms with van der Waals surface area (Å²) in [6.07, 6.45) is 6.00. The molecule has 0 spiro atoms. The van der Waals surface area contributed by atoms with Crippen LogP contribution in [0.1, 0.15) is 68.9 Å². The summed E-state index contributed by atoms with van der Waals surface area (Å²) in [6, 6.07) is 3.57. The molecule has 2 amide bonds. The minimum Gasteiger partial charge on any atom is -0.444 e. The van der Waals surface area contributed by atoms with Gasteiger partial charge in [-0.3, -0.25) is 9.78 Å². The normalized spacial score (nSPS) is 16.8. The molecule has 2 N–H and O–H groups in total. The van der Waals surface area contributed by atoms with Crippen LogP contribution in [-0.2, 0) is 4.74 Å². The first-order chi connectivity index (χ1) is 11.7. The Balaban J connectivity index is 2.00. The van der Waals surface area contributed by atoms with Crippen LogP contribution in [0.25, 0.3) is 0 Å². The lowest BCUT2D eigenvalue weighted by Crippen LogP contribution is -2.57. The second kappa shape index (κ2) is 7.85. The molecule has 25 heavy (non-hydrogen) atoms. The van der Waals surface area contributed by atoms with Crippen LogP contribution in [0, 0.1) is 6.92 Å². The van der Waals surface area contributed by atoms with Crippen molar-refractivity contribution in [1.29, 1.82) is 0 Å². The molecule has 138 valence electrons. The third kappa shape index (κ3) is 6.03. The predicted molar refractivity (Wildman–Crippen MR) is 96.5 cm³/mol. The molecule has 0 unspecified atom stereocenters. The van der Waals surface area contributed by atoms with Crippen LogP contribution < -0.4 is 10.6 Å². The molecule has 1 fully saturated rings. The number of rotatable bonds is 4. The van der Waals surface area contributed by atoms with Crippen LogP contribution >= 0.6 is 0 Å². The van der Waals surface area contributed by atoms with Gasteiger partial charge in [-0.15, -0.1) is 0 Å². The molecule has 1 aromatic heterocycles. The average Bonchev–Trinajstić information content (AvgIpc) is 2.52. The Hall–Kier alpha value is -2.11. The van der Waals surface area contributed by atoms with E-state index in [1.54, 1.807) is 12.3 Å². The van der Waals surface area contributed by atoms with Gasteiger partial charge in [0.05, 0.1) is 11.1 Å². The number of aryl methyl sites for hydroxylation is 1. The van der Waals surface area contributed by atoms with Gasteiger partial charge in [0.15, 0.2) is 0 Å². The van der Waals surface area contributed by atoms with Gasteiger partial charge in [0.1, 0.15) is 5.60 Å². The Kier molecular flexibility index (Phi) is 6.03. The maximum absolute atomic E-state index is 12.4. The lowest BCUT2D eigenvalue weighted by Gasteiger charge is -2.38. The molecule has 1 aromatic rings. The molecule has 0 saturated heterocycles. The van der Waals surface area contributed by atoms with Crippen molar-refractivity contribution >= 4 is 12.0 Å². The summed E-state index contributed by atoms with van der Waals surface area (Å²) >= 11 is 0. The number of pyridine rings is 1. The molecule has 6 heteroatoms. The second-order valence-corrected chi connectivity index (χ2v) is 7.84. The lowest BCUT2D eigenvalue weighted by atomic mass is 9.81. The van der Waals surface area contributed by atoms with E-state index in [1.807, 2.05) is 33.8 Å². The van der Waals surface area contributed by atoms with E-state index in [0.29, 0.717) is 12.1 Å². The molecular weight excluding hydrogens is 318 g/mol. The van der Waals surface area contributed by atoms with Crippen molar-refractivity contribution in [2.24, 2.45) is 0 Å². The summed E-state index contributed by atoms with van der Waals surface area (Å²) < 4.78 is 5.40. The quantitative estimate of drug-likeness (QED) is 0.875. The molecule has 0 atom stereocenters. The summed E-state index contributed by atoms with van der Waals surface area (Å²) in [6.45, 7) is 7.79. The van der Waals surface area contributed by atoms with Gasteiger partial charge in [0, 0.05) is 18.4 Å². The number of ether oxygens (including phenoxy) is 1. The number of alkyl carbamates (subject to hydrolysis) is 1. The largest absolute Gasteiger partial charge is 0.444 e. The van der Waals surface area contributed by atoms with Crippen LogP contribution in [0.5, 0.6) is 0 Å². The molecule has 2 rings (SSSR count). The van der Waals surface area contributed by atoms with Crippen molar-refractivity contribution in [3.8, 4) is 0 Å². The number of carbonyl (C=O) groups is 2. The van der Waals surface area contributed by atoms with E-state index in [-0.39, 0.29) is 5.91 Å². The van der Waals surface area contributed by atoms with E-state index in [4.69, 9.17) is 4.74 Å². The van der Waals surface area contributed by atoms with E-state index in [2.05, 4.69) is 15.6 Å². The number of nitrogens with one attached hydrogen (secondary N) is 2. The fraction of sp³-hybridized carbons (Fsp3) is 0.632. The monoisotopic (exact) mass is 347 g/mol. The minimum atomic E-state index is -0.545. The van der Waals surface area contributed by atoms with Crippen molar-refractivity contribution in [1.82, 2.24) is 15.6 Å². The van der Waals surface area contributed by atoms with Gasteiger partial charge < -0.3 is 15.4 Å². The maximum Gasteiger partial charge on any atom is 0.408 e. The van der Waals surface area contributed by atoms with Crippen LogP contribution in [0.15, 0.2) is 18.3 Å². The van der Waals surface area contributed by atoms with Gasteiger partial charge in [-0.05, 0) is 52.7 Å². The van der Waals surface area contributed by atoms with E-state index < -0.39 is 17.2 Å². The van der Waals surface area contributed by atoms with Crippen molar-refractivity contribution < 1.29 is 14.3 Å². The van der Waals surface area contributed by atoms with Crippen LogP contribution in [0.4, 0.5) is 4.79 Å². The van der Waals surface area contributed by atoms with Crippen molar-refractivity contribution in [2.75, 3.05) is 6.54 Å². The van der Waals surface area contributed by atoms with E-state index >= 15 is 0 Å². The number of hydrogen-bond donors (Lipinski definition) is 2. The van der Waals surface area contributed by atoms with Gasteiger partial charge in [-0.25, -0.2) is 4.79 Å². The zero-order valence-electron chi connectivity index (χ0n) is 15.6. The molecule has 6 nitrogen and oxygen atoms in total. The maximum atomic E-state index is 12.4. The number of nitrogens with zero attached hydrogens (tertiary/aromatic N) is 1. The predicted octanol–water partition coefficient (Wildman–Crippen LogP) is 3.35. The van der Waals surface area contributed by atoms with Gasteiger partial charge in [0.25, 0.3) is 5.91 Å². The Morgan fingerprint density at radius 3 is 2.44 bits per heavy atom. The van der Waals surface area contributed by atoms with E-state index in [1.165, 1.54) is 0 Å². The fourth-order valence-electron chi connectivity index (χ4n) is 3.05. The summed E-state index contributed by atoms with van der Waals surface area (Å²) in [7, 11) is 0. The Morgan fingerprint density at radius 2 is 1.88 bits per heavy atom. The Labute approximate surface area is 149 Å². The van der Waals surface area contributed by atoms with Crippen LogP contribution in [0.3, 0.4) is 0 Å². The van der Waals surface area contributed by atoms with Crippen molar-refractivity contribution in [3.63, 3.8) is 0 Å². The van der Waals surface area contributed by atoms with E-state index in [0.717, 1.165) is 37.8 Å². The summed E-state index contributed by atoms with van der Waals surface area (Å²) in [4.78, 5) is 28.7. The number of carbonyl (C=O) groups excluding carboxylic acids is 2. The molecule has 1 aliphatic carbocycles. The molecular formula is C19H29N3O3. The van der Waals surface area contributed by atoms with E-state index in [9.17, 15) is 9.59 Å². The van der Waals surface area contributed by atoms with Crippen LogP contribution in [0.2, 0.25) is 0 Å². The van der Waals surface area contributed by atoms with Gasteiger partial charge in [-0.2, -0.15) is 0 Å². The number of aromatic nitrogens is 1. The Morgan fingerprint density at radius 1 is 1.20 bits per heavy atom. The van der Waals surface area contributed by atoms with Crippen molar-refractivity contribution in [3.05, 3.63) is 29.6 Å². The molecule has 0 aromatic carbocycles. The molecule has 1 saturated carbocycles. The van der Waals surface area contributed by atoms with Crippen LogP contribution in [-0.4, -0.2) is 34.7 Å². The summed E-state index contributed by atoms with van der Waals surface area (Å²) in [5.41, 5.74) is 0.395. The van der Waals surface area contributed by atoms with Gasteiger partial charge in [0.2, 0.25) is 0 Å². The highest BCUT2D eigenvalue weighted by Gasteiger charge is 2.35. The molecule has 1 heterocycles. The highest BCUT2D eigenvalue weighted by atomic mass is 16.6. The third-order valence-corrected chi connectivity index (χ3v) is 4.34. The average molecular weight is 347 g/mol. The SMILES string of the molecule is Cc1ccc(C(=O)NCC2(NC(=O)OC(C)(C)C)CCCCC2)cn1.